The van der Waals surface area contributed by atoms with E-state index in [2.05, 4.69) is 5.32 Å². The van der Waals surface area contributed by atoms with Crippen LogP contribution < -0.4 is 5.32 Å². The molecule has 0 aliphatic heterocycles. The van der Waals surface area contributed by atoms with E-state index in [1.807, 2.05) is 6.07 Å². The number of carbonyl (C=O) groups is 1. The molecule has 0 aliphatic rings. The van der Waals surface area contributed by atoms with Crippen molar-refractivity contribution in [2.45, 2.75) is 5.54 Å². The fourth-order valence-electron chi connectivity index (χ4n) is 1.28. The van der Waals surface area contributed by atoms with Crippen molar-refractivity contribution in [3.05, 3.63) is 35.4 Å². The maximum Gasteiger partial charge on any atom is 0.251 e. The molecule has 0 aromatic heterocycles. The third-order valence-electron chi connectivity index (χ3n) is 2.56. The summed E-state index contributed by atoms with van der Waals surface area (Å²) < 4.78 is 0. The van der Waals surface area contributed by atoms with Gasteiger partial charge in [0.05, 0.1) is 31.5 Å². The summed E-state index contributed by atoms with van der Waals surface area (Å²) in [6.07, 6.45) is 0. The number of nitriles is 1. The molecule has 6 nitrogen and oxygen atoms in total. The first-order valence-electron chi connectivity index (χ1n) is 5.26. The van der Waals surface area contributed by atoms with E-state index in [4.69, 9.17) is 20.6 Å². The molecular weight excluding hydrogens is 236 g/mol. The summed E-state index contributed by atoms with van der Waals surface area (Å²) in [4.78, 5) is 11.8. The predicted molar refractivity (Wildman–Crippen MR) is 62.6 cm³/mol. The van der Waals surface area contributed by atoms with Gasteiger partial charge < -0.3 is 20.6 Å². The van der Waals surface area contributed by atoms with E-state index in [1.54, 1.807) is 0 Å². The molecule has 0 spiro atoms. The number of aliphatic hydroxyl groups excluding tert-OH is 3. The number of benzene rings is 1. The summed E-state index contributed by atoms with van der Waals surface area (Å²) >= 11 is 0. The van der Waals surface area contributed by atoms with Crippen molar-refractivity contribution in [3.63, 3.8) is 0 Å². The van der Waals surface area contributed by atoms with Gasteiger partial charge in [0.15, 0.2) is 0 Å². The highest BCUT2D eigenvalue weighted by atomic mass is 16.3. The van der Waals surface area contributed by atoms with Crippen LogP contribution in [0.25, 0.3) is 0 Å². The summed E-state index contributed by atoms with van der Waals surface area (Å²) in [6.45, 7) is -1.74. The van der Waals surface area contributed by atoms with Crippen molar-refractivity contribution < 1.29 is 20.1 Å². The monoisotopic (exact) mass is 250 g/mol. The lowest BCUT2D eigenvalue weighted by Gasteiger charge is -2.28. The Kier molecular flexibility index (Phi) is 4.80. The smallest absolute Gasteiger partial charge is 0.251 e. The van der Waals surface area contributed by atoms with Crippen molar-refractivity contribution in [1.29, 1.82) is 5.26 Å². The van der Waals surface area contributed by atoms with Gasteiger partial charge in [-0.2, -0.15) is 5.26 Å². The molecular formula is C12H14N2O4. The van der Waals surface area contributed by atoms with E-state index in [0.717, 1.165) is 0 Å². The first kappa shape index (κ1) is 14.1. The van der Waals surface area contributed by atoms with E-state index in [9.17, 15) is 4.79 Å². The third-order valence-corrected chi connectivity index (χ3v) is 2.56. The second kappa shape index (κ2) is 6.12. The molecule has 1 rings (SSSR count). The molecule has 0 unspecified atom stereocenters. The molecule has 6 heteroatoms. The Hall–Kier alpha value is -1.94. The van der Waals surface area contributed by atoms with Gasteiger partial charge in [0.1, 0.15) is 5.54 Å². The summed E-state index contributed by atoms with van der Waals surface area (Å²) in [7, 11) is 0. The molecule has 0 atom stereocenters. The molecule has 0 heterocycles. The Balaban J connectivity index is 2.84. The van der Waals surface area contributed by atoms with Gasteiger partial charge in [-0.15, -0.1) is 0 Å². The Bertz CT molecular complexity index is 438. The van der Waals surface area contributed by atoms with Crippen molar-refractivity contribution in [1.82, 2.24) is 5.32 Å². The van der Waals surface area contributed by atoms with Crippen LogP contribution in [0.15, 0.2) is 24.3 Å². The molecule has 0 aliphatic carbocycles. The van der Waals surface area contributed by atoms with Crippen LogP contribution in [0.5, 0.6) is 0 Å². The number of aliphatic hydroxyl groups is 3. The van der Waals surface area contributed by atoms with E-state index in [1.165, 1.54) is 24.3 Å². The minimum atomic E-state index is -1.45. The summed E-state index contributed by atoms with van der Waals surface area (Å²) in [6, 6.07) is 7.78. The summed E-state index contributed by atoms with van der Waals surface area (Å²) in [5, 5.41) is 38.2. The van der Waals surface area contributed by atoms with Crippen LogP contribution in [-0.4, -0.2) is 46.6 Å². The zero-order chi connectivity index (χ0) is 13.6. The van der Waals surface area contributed by atoms with Crippen LogP contribution in [-0.2, 0) is 0 Å². The van der Waals surface area contributed by atoms with Gasteiger partial charge >= 0.3 is 0 Å². The second-order valence-corrected chi connectivity index (χ2v) is 3.90. The molecule has 18 heavy (non-hydrogen) atoms. The number of amides is 1. The number of nitrogens with one attached hydrogen (secondary N) is 1. The van der Waals surface area contributed by atoms with Crippen LogP contribution in [0.2, 0.25) is 0 Å². The van der Waals surface area contributed by atoms with Crippen molar-refractivity contribution in [2.24, 2.45) is 0 Å². The quantitative estimate of drug-likeness (QED) is 0.535. The molecule has 0 saturated carbocycles. The summed E-state index contributed by atoms with van der Waals surface area (Å²) in [5.74, 6) is -0.545. The maximum atomic E-state index is 11.8. The van der Waals surface area contributed by atoms with Gasteiger partial charge in [-0.05, 0) is 24.3 Å². The number of hydrogen-bond acceptors (Lipinski definition) is 5. The molecule has 0 bridgehead atoms. The Labute approximate surface area is 104 Å². The van der Waals surface area contributed by atoms with Crippen LogP contribution in [0.4, 0.5) is 0 Å². The van der Waals surface area contributed by atoms with Crippen molar-refractivity contribution in [3.8, 4) is 6.07 Å². The first-order valence-corrected chi connectivity index (χ1v) is 5.26. The molecule has 0 saturated heterocycles. The van der Waals surface area contributed by atoms with E-state index >= 15 is 0 Å². The lowest BCUT2D eigenvalue weighted by atomic mass is 10.0. The van der Waals surface area contributed by atoms with Gasteiger partial charge in [0.2, 0.25) is 0 Å². The Morgan fingerprint density at radius 1 is 1.17 bits per heavy atom. The third kappa shape index (κ3) is 3.05. The minimum Gasteiger partial charge on any atom is -0.394 e. The van der Waals surface area contributed by atoms with Crippen LogP contribution in [0.1, 0.15) is 15.9 Å². The van der Waals surface area contributed by atoms with Crippen LogP contribution in [0.3, 0.4) is 0 Å². The summed E-state index contributed by atoms with van der Waals surface area (Å²) in [5.41, 5.74) is -0.761. The van der Waals surface area contributed by atoms with Gasteiger partial charge in [0.25, 0.3) is 5.91 Å². The van der Waals surface area contributed by atoms with Gasteiger partial charge in [0, 0.05) is 5.56 Å². The van der Waals surface area contributed by atoms with Gasteiger partial charge in [-0.1, -0.05) is 0 Å². The first-order chi connectivity index (χ1) is 8.60. The topological polar surface area (TPSA) is 114 Å². The van der Waals surface area contributed by atoms with Gasteiger partial charge in [-0.25, -0.2) is 0 Å². The molecule has 1 aromatic rings. The van der Waals surface area contributed by atoms with Crippen LogP contribution in [0, 0.1) is 11.3 Å². The molecule has 0 radical (unpaired) electrons. The molecule has 0 fully saturated rings. The van der Waals surface area contributed by atoms with Crippen molar-refractivity contribution >= 4 is 5.91 Å². The number of nitrogens with zero attached hydrogens (tertiary/aromatic N) is 1. The molecule has 1 aromatic carbocycles. The zero-order valence-electron chi connectivity index (χ0n) is 9.63. The number of rotatable bonds is 5. The largest absolute Gasteiger partial charge is 0.394 e. The van der Waals surface area contributed by atoms with E-state index in [0.29, 0.717) is 5.56 Å². The SMILES string of the molecule is N#Cc1ccc(C(=O)NC(CO)(CO)CO)cc1. The Morgan fingerprint density at radius 2 is 1.67 bits per heavy atom. The number of hydrogen-bond donors (Lipinski definition) is 4. The van der Waals surface area contributed by atoms with Crippen LogP contribution >= 0.6 is 0 Å². The Morgan fingerprint density at radius 3 is 2.06 bits per heavy atom. The average molecular weight is 250 g/mol. The molecule has 4 N–H and O–H groups in total. The lowest BCUT2D eigenvalue weighted by molar-refractivity contribution is 0.0375. The zero-order valence-corrected chi connectivity index (χ0v) is 9.63. The fourth-order valence-corrected chi connectivity index (χ4v) is 1.28. The van der Waals surface area contributed by atoms with E-state index in [-0.39, 0.29) is 5.56 Å². The fraction of sp³-hybridized carbons (Fsp3) is 0.333. The highest BCUT2D eigenvalue weighted by molar-refractivity contribution is 5.94. The highest BCUT2D eigenvalue weighted by Gasteiger charge is 2.30. The molecule has 1 amide bonds. The highest BCUT2D eigenvalue weighted by Crippen LogP contribution is 2.07. The minimum absolute atomic E-state index is 0.272. The predicted octanol–water partition coefficient (Wildman–Crippen LogP) is -0.996. The number of carbonyl (C=O) groups excluding carboxylic acids is 1. The lowest BCUT2D eigenvalue weighted by Crippen LogP contribution is -2.57. The normalized spacial score (nSPS) is 10.8. The van der Waals surface area contributed by atoms with E-state index < -0.39 is 31.3 Å². The second-order valence-electron chi connectivity index (χ2n) is 3.90. The maximum absolute atomic E-state index is 11.8. The molecule has 96 valence electrons. The average Bonchev–Trinajstić information content (AvgIpc) is 2.45. The standard InChI is InChI=1S/C12H14N2O4/c13-5-9-1-3-10(4-2-9)11(18)14-12(6-15,7-16)8-17/h1-4,15-17H,6-8H2,(H,14,18). The van der Waals surface area contributed by atoms with Crippen molar-refractivity contribution in [2.75, 3.05) is 19.8 Å². The van der Waals surface area contributed by atoms with Gasteiger partial charge in [-0.3, -0.25) is 4.79 Å².